The zero-order valence-corrected chi connectivity index (χ0v) is 74.0. The smallest absolute Gasteiger partial charge is 0.410 e. The number of fused-ring (bicyclic) bond motifs is 4. The number of aromatic nitrogens is 5. The minimum absolute atomic E-state index is 0.184. The zero-order valence-electron chi connectivity index (χ0n) is 74.0. The van der Waals surface area contributed by atoms with E-state index in [4.69, 9.17) is 9.47 Å². The molecule has 5 aromatic heterocycles. The highest BCUT2D eigenvalue weighted by Gasteiger charge is 2.28. The molecule has 0 unspecified atom stereocenters. The number of rotatable bonds is 22. The third-order valence-corrected chi connectivity index (χ3v) is 26.0. The fraction of sp³-hybridized carbons (Fsp3) is 0.364. The van der Waals surface area contributed by atoms with E-state index in [1.165, 1.54) is 143 Å². The van der Waals surface area contributed by atoms with E-state index in [0.717, 1.165) is 182 Å². The predicted octanol–water partition coefficient (Wildman–Crippen LogP) is 19.6. The molecule has 0 aliphatic carbocycles. The number of carbonyl (C=O) groups excluding carboxylic acids is 1. The Labute approximate surface area is 744 Å². The summed E-state index contributed by atoms with van der Waals surface area (Å²) < 4.78 is 11.0. The normalized spacial score (nSPS) is 16.9. The topological polar surface area (TPSA) is 182 Å². The van der Waals surface area contributed by atoms with Crippen molar-refractivity contribution in [1.82, 2.24) is 60.9 Å². The molecule has 6 aliphatic heterocycles. The van der Waals surface area contributed by atoms with Crippen LogP contribution >= 0.6 is 0 Å². The number of piperidine rings is 4. The largest absolute Gasteiger partial charge is 0.444 e. The summed E-state index contributed by atoms with van der Waals surface area (Å²) in [6.07, 6.45) is 12.1. The van der Waals surface area contributed by atoms with Gasteiger partial charge in [0, 0.05) is 244 Å². The number of nitrogens with one attached hydrogen (secondary N) is 8. The van der Waals surface area contributed by atoms with Gasteiger partial charge in [0.05, 0.1) is 18.9 Å². The van der Waals surface area contributed by atoms with Crippen LogP contribution in [0.15, 0.2) is 273 Å². The monoisotopic (exact) mass is 1690 g/mol. The third kappa shape index (κ3) is 23.8. The van der Waals surface area contributed by atoms with Gasteiger partial charge in [0.25, 0.3) is 0 Å². The molecule has 6 saturated heterocycles. The second-order valence-electron chi connectivity index (χ2n) is 35.9. The standard InChI is InChI=1S/C31H43N5O2.C26H27N3.C25H32N4O.C25H26N4/c1-31(2,3)38-30(37)36-16-7-15-34(20-21-36)19-14-32-26-12-17-35(18-13-26)27-10-6-9-24(22-27)29-23-25-8-4-5-11-28(25)33-29;1-2-7-20(8-3-1)19-27-23-13-15-29(16-14-23)24-11-6-10-21(17-24)26-18-22-9-4-5-12-25(22)28-26;1-2-7-24-21(4-1)19-25(27-24)20-5-3-6-23(18-20)29-11-8-22(9-12-29)26-10-13-28-14-16-30-17-15-28;1-2-10-24-20(6-1)17-25(28-24)19-7-5-9-23(16-19)29-14-11-21(12-15-29)27-18-22-8-3-4-13-26-22/h4-6,8-11,22-23,26,32-33H,7,12-21H2,1-3H3;1-12,17-18,23,27-28H,13-16,19H2;1-7,18-19,22,26-27H,8-17H2;1-10,13,16-17,21,27-28H,11-12,14-15,18H2. The van der Waals surface area contributed by atoms with Gasteiger partial charge in [0.15, 0.2) is 0 Å². The Balaban J connectivity index is 0.000000119. The van der Waals surface area contributed by atoms with Gasteiger partial charge >= 0.3 is 6.09 Å². The number of morpholine rings is 1. The highest BCUT2D eigenvalue weighted by molar-refractivity contribution is 5.90. The number of benzene rings is 9. The molecule has 0 saturated carbocycles. The van der Waals surface area contributed by atoms with Crippen LogP contribution in [0.3, 0.4) is 0 Å². The van der Waals surface area contributed by atoms with E-state index in [9.17, 15) is 4.79 Å². The lowest BCUT2D eigenvalue weighted by molar-refractivity contribution is 0.0257. The molecular weight excluding hydrogens is 1560 g/mol. The van der Waals surface area contributed by atoms with E-state index in [-0.39, 0.29) is 6.09 Å². The van der Waals surface area contributed by atoms with Gasteiger partial charge in [-0.25, -0.2) is 4.79 Å². The molecule has 9 aromatic carbocycles. The van der Waals surface area contributed by atoms with Crippen LogP contribution in [0, 0.1) is 0 Å². The van der Waals surface area contributed by atoms with Crippen LogP contribution in [-0.2, 0) is 22.6 Å². The lowest BCUT2D eigenvalue weighted by atomic mass is 10.0. The van der Waals surface area contributed by atoms with E-state index in [0.29, 0.717) is 24.2 Å². The summed E-state index contributed by atoms with van der Waals surface area (Å²) in [5, 5.41) is 20.0. The van der Waals surface area contributed by atoms with E-state index >= 15 is 0 Å². The van der Waals surface area contributed by atoms with E-state index < -0.39 is 5.60 Å². The number of hydrogen-bond acceptors (Lipinski definition) is 14. The van der Waals surface area contributed by atoms with Gasteiger partial charge in [-0.2, -0.15) is 0 Å². The van der Waals surface area contributed by atoms with Crippen molar-refractivity contribution in [3.05, 3.63) is 284 Å². The summed E-state index contributed by atoms with van der Waals surface area (Å²) in [5.41, 5.74) is 21.8. The fourth-order valence-corrected chi connectivity index (χ4v) is 18.8. The van der Waals surface area contributed by atoms with Crippen molar-refractivity contribution in [2.45, 2.75) is 121 Å². The Bertz CT molecular complexity index is 5410. The summed E-state index contributed by atoms with van der Waals surface area (Å²) in [4.78, 5) is 48.0. The van der Waals surface area contributed by atoms with Crippen molar-refractivity contribution in [2.24, 2.45) is 0 Å². The highest BCUT2D eigenvalue weighted by atomic mass is 16.6. The van der Waals surface area contributed by atoms with Crippen LogP contribution < -0.4 is 40.9 Å². The molecular formula is C107H128N16O3. The van der Waals surface area contributed by atoms with E-state index in [1.807, 2.05) is 44.0 Å². The van der Waals surface area contributed by atoms with Crippen LogP contribution in [-0.4, -0.2) is 207 Å². The molecule has 1 amide bonds. The lowest BCUT2D eigenvalue weighted by Crippen LogP contribution is -2.46. The van der Waals surface area contributed by atoms with Crippen LogP contribution in [0.25, 0.3) is 88.6 Å². The summed E-state index contributed by atoms with van der Waals surface area (Å²) in [6.45, 7) is 27.9. The van der Waals surface area contributed by atoms with Crippen LogP contribution in [0.2, 0.25) is 0 Å². The first-order valence-corrected chi connectivity index (χ1v) is 46.5. The Morgan fingerprint density at radius 3 is 1.10 bits per heavy atom. The number of anilines is 4. The molecule has 20 rings (SSSR count). The molecule has 11 heterocycles. The Morgan fingerprint density at radius 2 is 0.722 bits per heavy atom. The minimum Gasteiger partial charge on any atom is -0.444 e. The average Bonchev–Trinajstić information content (AvgIpc) is 1.60. The number of aromatic amines is 4. The zero-order chi connectivity index (χ0) is 85.6. The second kappa shape index (κ2) is 42.6. The second-order valence-corrected chi connectivity index (χ2v) is 35.9. The third-order valence-electron chi connectivity index (χ3n) is 26.0. The van der Waals surface area contributed by atoms with Crippen LogP contribution in [0.1, 0.15) is 89.8 Å². The highest BCUT2D eigenvalue weighted by Crippen LogP contribution is 2.35. The number of ether oxygens (including phenoxy) is 2. The molecule has 0 atom stereocenters. The first kappa shape index (κ1) is 86.6. The molecule has 8 N–H and O–H groups in total. The molecule has 6 aliphatic rings. The van der Waals surface area contributed by atoms with Crippen molar-refractivity contribution in [2.75, 3.05) is 151 Å². The average molecular weight is 1690 g/mol. The van der Waals surface area contributed by atoms with Gasteiger partial charge in [-0.15, -0.1) is 0 Å². The molecule has 19 heteroatoms. The first-order valence-electron chi connectivity index (χ1n) is 46.5. The maximum absolute atomic E-state index is 12.4. The summed E-state index contributed by atoms with van der Waals surface area (Å²) in [5.74, 6) is 0. The molecule has 0 bridgehead atoms. The molecule has 0 radical (unpaired) electrons. The SMILES string of the molecule is CC(C)(C)OC(=O)N1CCCN(CCNC2CCN(c3cccc(-c4cc5ccccc5[nH]4)c3)CC2)CC1.c1cc(-c2cc3ccccc3[nH]2)cc(N2CCC(NCCN3CCOCC3)CC2)c1.c1ccc(CNC2CCN(c3cccc(-c4cc5ccccc5[nH]4)c3)CC2)cc1.c1ccc(CNC2CCN(c3cccc(-c4cc5ccccc5[nH]4)c3)CC2)nc1. The Hall–Kier alpha value is -11.5. The molecule has 654 valence electrons. The maximum Gasteiger partial charge on any atom is 0.410 e. The summed E-state index contributed by atoms with van der Waals surface area (Å²) in [6, 6.07) is 97.7. The quantitative estimate of drug-likeness (QED) is 0.0321. The van der Waals surface area contributed by atoms with E-state index in [1.54, 1.807) is 0 Å². The number of amides is 1. The number of carbonyl (C=O) groups is 1. The Morgan fingerprint density at radius 1 is 0.365 bits per heavy atom. The van der Waals surface area contributed by atoms with E-state index in [2.05, 4.69) is 330 Å². The summed E-state index contributed by atoms with van der Waals surface area (Å²) in [7, 11) is 0. The van der Waals surface area contributed by atoms with Gasteiger partial charge in [-0.3, -0.25) is 9.88 Å². The first-order chi connectivity index (χ1) is 61.9. The number of para-hydroxylation sites is 4. The van der Waals surface area contributed by atoms with Crippen LogP contribution in [0.5, 0.6) is 0 Å². The maximum atomic E-state index is 12.4. The minimum atomic E-state index is -0.442. The van der Waals surface area contributed by atoms with Gasteiger partial charge in [-0.1, -0.05) is 158 Å². The van der Waals surface area contributed by atoms with Crippen LogP contribution in [0.4, 0.5) is 27.5 Å². The number of hydrogen-bond donors (Lipinski definition) is 8. The molecule has 126 heavy (non-hydrogen) atoms. The van der Waals surface area contributed by atoms with Crippen molar-refractivity contribution in [3.63, 3.8) is 0 Å². The molecule has 0 spiro atoms. The molecule has 14 aromatic rings. The fourth-order valence-electron chi connectivity index (χ4n) is 18.8. The van der Waals surface area contributed by atoms with Gasteiger partial charge in [-0.05, 0) is 222 Å². The van der Waals surface area contributed by atoms with Gasteiger partial charge < -0.3 is 80.1 Å². The van der Waals surface area contributed by atoms with Crippen molar-refractivity contribution in [1.29, 1.82) is 0 Å². The number of H-pyrrole nitrogens is 4. The molecule has 19 nitrogen and oxygen atoms in total. The number of pyridine rings is 1. The van der Waals surface area contributed by atoms with Gasteiger partial charge in [0.1, 0.15) is 5.60 Å². The lowest BCUT2D eigenvalue weighted by Gasteiger charge is -2.35. The van der Waals surface area contributed by atoms with Crippen molar-refractivity contribution in [3.8, 4) is 45.0 Å². The molecule has 6 fully saturated rings. The van der Waals surface area contributed by atoms with Gasteiger partial charge in [0.2, 0.25) is 0 Å². The predicted molar refractivity (Wildman–Crippen MR) is 522 cm³/mol. The Kier molecular flexibility index (Phi) is 29.3. The van der Waals surface area contributed by atoms with Crippen molar-refractivity contribution >= 4 is 72.5 Å². The van der Waals surface area contributed by atoms with Crippen molar-refractivity contribution < 1.29 is 14.3 Å². The summed E-state index contributed by atoms with van der Waals surface area (Å²) >= 11 is 0. The number of nitrogens with zero attached hydrogens (tertiary/aromatic N) is 8.